The molecule has 1 amide bonds. The molecule has 1 rings (SSSR count). The topological polar surface area (TPSA) is 32.3 Å². The number of piperidine rings is 1. The number of nitrogens with one attached hydrogen (secondary N) is 1. The summed E-state index contributed by atoms with van der Waals surface area (Å²) in [5, 5.41) is 2.96. The summed E-state index contributed by atoms with van der Waals surface area (Å²) in [6.07, 6.45) is 4.18. The lowest BCUT2D eigenvalue weighted by Crippen LogP contribution is -2.47. The molecule has 74 valence electrons. The van der Waals surface area contributed by atoms with Gasteiger partial charge in [0.2, 0.25) is 5.91 Å². The minimum absolute atomic E-state index is 0.0745. The molecule has 1 unspecified atom stereocenters. The summed E-state index contributed by atoms with van der Waals surface area (Å²) < 4.78 is 0. The Bertz CT molecular complexity index is 191. The summed E-state index contributed by atoms with van der Waals surface area (Å²) in [7, 11) is 0. The zero-order chi connectivity index (χ0) is 9.68. The van der Waals surface area contributed by atoms with Crippen molar-refractivity contribution in [3.8, 4) is 0 Å². The highest BCUT2D eigenvalue weighted by atomic mass is 16.1. The fraction of sp³-hybridized carbons (Fsp3) is 0.700. The van der Waals surface area contributed by atoms with Gasteiger partial charge >= 0.3 is 0 Å². The summed E-state index contributed by atoms with van der Waals surface area (Å²) >= 11 is 0. The SMILES string of the molecule is C=CCN1CCCC(NC(C)=O)C1. The van der Waals surface area contributed by atoms with E-state index in [1.54, 1.807) is 6.92 Å². The van der Waals surface area contributed by atoms with Crippen molar-refractivity contribution >= 4 is 5.91 Å². The van der Waals surface area contributed by atoms with Crippen LogP contribution in [0.15, 0.2) is 12.7 Å². The van der Waals surface area contributed by atoms with E-state index in [9.17, 15) is 4.79 Å². The van der Waals surface area contributed by atoms with E-state index >= 15 is 0 Å². The van der Waals surface area contributed by atoms with Crippen LogP contribution in [-0.2, 0) is 4.79 Å². The number of carbonyl (C=O) groups excluding carboxylic acids is 1. The Morgan fingerprint density at radius 2 is 2.54 bits per heavy atom. The standard InChI is InChI=1S/C10H18N2O/c1-3-6-12-7-4-5-10(8-12)11-9(2)13/h3,10H,1,4-8H2,2H3,(H,11,13). The first-order chi connectivity index (χ1) is 6.22. The molecule has 1 fully saturated rings. The van der Waals surface area contributed by atoms with Gasteiger partial charge in [-0.25, -0.2) is 0 Å². The molecule has 0 bridgehead atoms. The maximum Gasteiger partial charge on any atom is 0.217 e. The smallest absolute Gasteiger partial charge is 0.217 e. The first-order valence-electron chi connectivity index (χ1n) is 4.82. The number of rotatable bonds is 3. The molecule has 0 spiro atoms. The quantitative estimate of drug-likeness (QED) is 0.654. The molecule has 1 aliphatic heterocycles. The summed E-state index contributed by atoms with van der Waals surface area (Å²) in [6, 6.07) is 0.339. The van der Waals surface area contributed by atoms with E-state index in [0.29, 0.717) is 6.04 Å². The molecule has 3 heteroatoms. The van der Waals surface area contributed by atoms with Gasteiger partial charge in [-0.1, -0.05) is 6.08 Å². The number of hydrogen-bond acceptors (Lipinski definition) is 2. The molecular weight excluding hydrogens is 164 g/mol. The molecule has 0 radical (unpaired) electrons. The molecular formula is C10H18N2O. The molecule has 1 N–H and O–H groups in total. The minimum atomic E-state index is 0.0745. The Kier molecular flexibility index (Phi) is 3.96. The van der Waals surface area contributed by atoms with Crippen molar-refractivity contribution in [3.63, 3.8) is 0 Å². The van der Waals surface area contributed by atoms with Crippen LogP contribution >= 0.6 is 0 Å². The second-order valence-electron chi connectivity index (χ2n) is 3.59. The normalized spacial score (nSPS) is 23.9. The highest BCUT2D eigenvalue weighted by Crippen LogP contribution is 2.09. The zero-order valence-electron chi connectivity index (χ0n) is 8.25. The molecule has 1 aliphatic rings. The molecule has 13 heavy (non-hydrogen) atoms. The van der Waals surface area contributed by atoms with Crippen LogP contribution in [0.5, 0.6) is 0 Å². The predicted molar refractivity (Wildman–Crippen MR) is 53.5 cm³/mol. The molecule has 0 aliphatic carbocycles. The first kappa shape index (κ1) is 10.3. The highest BCUT2D eigenvalue weighted by Gasteiger charge is 2.18. The number of amides is 1. The number of nitrogens with zero attached hydrogens (tertiary/aromatic N) is 1. The Morgan fingerprint density at radius 3 is 3.15 bits per heavy atom. The van der Waals surface area contributed by atoms with Crippen LogP contribution in [0.4, 0.5) is 0 Å². The molecule has 1 atom stereocenters. The van der Waals surface area contributed by atoms with E-state index in [-0.39, 0.29) is 5.91 Å². The number of carbonyl (C=O) groups is 1. The van der Waals surface area contributed by atoms with Crippen LogP contribution in [-0.4, -0.2) is 36.5 Å². The van der Waals surface area contributed by atoms with Gasteiger partial charge < -0.3 is 5.32 Å². The van der Waals surface area contributed by atoms with E-state index in [0.717, 1.165) is 26.1 Å². The van der Waals surface area contributed by atoms with Gasteiger partial charge in [-0.15, -0.1) is 6.58 Å². The number of hydrogen-bond donors (Lipinski definition) is 1. The van der Waals surface area contributed by atoms with Crippen LogP contribution < -0.4 is 5.32 Å². The lowest BCUT2D eigenvalue weighted by Gasteiger charge is -2.32. The Labute approximate surface area is 79.8 Å². The molecule has 0 aromatic heterocycles. The Hall–Kier alpha value is -0.830. The van der Waals surface area contributed by atoms with E-state index < -0.39 is 0 Å². The van der Waals surface area contributed by atoms with E-state index in [1.807, 2.05) is 6.08 Å². The Balaban J connectivity index is 2.32. The maximum absolute atomic E-state index is 10.8. The van der Waals surface area contributed by atoms with Gasteiger partial charge in [-0.05, 0) is 19.4 Å². The van der Waals surface area contributed by atoms with Gasteiger partial charge in [-0.3, -0.25) is 9.69 Å². The lowest BCUT2D eigenvalue weighted by atomic mass is 10.1. The third-order valence-electron chi connectivity index (χ3n) is 2.30. The van der Waals surface area contributed by atoms with Gasteiger partial charge in [0.1, 0.15) is 0 Å². The van der Waals surface area contributed by atoms with Crippen molar-refractivity contribution < 1.29 is 4.79 Å². The Morgan fingerprint density at radius 1 is 1.77 bits per heavy atom. The second-order valence-corrected chi connectivity index (χ2v) is 3.59. The summed E-state index contributed by atoms with van der Waals surface area (Å²) in [6.45, 7) is 8.31. The van der Waals surface area contributed by atoms with Crippen LogP contribution in [0.3, 0.4) is 0 Å². The lowest BCUT2D eigenvalue weighted by molar-refractivity contribution is -0.120. The second kappa shape index (κ2) is 5.02. The third kappa shape index (κ3) is 3.59. The summed E-state index contributed by atoms with van der Waals surface area (Å²) in [4.78, 5) is 13.1. The van der Waals surface area contributed by atoms with E-state index in [1.165, 1.54) is 6.42 Å². The van der Waals surface area contributed by atoms with E-state index in [4.69, 9.17) is 0 Å². The fourth-order valence-electron chi connectivity index (χ4n) is 1.81. The van der Waals surface area contributed by atoms with E-state index in [2.05, 4.69) is 16.8 Å². The van der Waals surface area contributed by atoms with Gasteiger partial charge in [0.05, 0.1) is 0 Å². The van der Waals surface area contributed by atoms with Crippen molar-refractivity contribution in [2.75, 3.05) is 19.6 Å². The van der Waals surface area contributed by atoms with Gasteiger partial charge in [-0.2, -0.15) is 0 Å². The van der Waals surface area contributed by atoms with Crippen LogP contribution in [0.25, 0.3) is 0 Å². The number of likely N-dealkylation sites (tertiary alicyclic amines) is 1. The summed E-state index contributed by atoms with van der Waals surface area (Å²) in [5.41, 5.74) is 0. The molecule has 0 aromatic carbocycles. The molecule has 0 saturated carbocycles. The van der Waals surface area contributed by atoms with Crippen molar-refractivity contribution in [1.29, 1.82) is 0 Å². The van der Waals surface area contributed by atoms with Gasteiger partial charge in [0, 0.05) is 26.1 Å². The zero-order valence-corrected chi connectivity index (χ0v) is 8.25. The minimum Gasteiger partial charge on any atom is -0.352 e. The predicted octanol–water partition coefficient (Wildman–Crippen LogP) is 0.773. The molecule has 1 heterocycles. The van der Waals surface area contributed by atoms with Crippen molar-refractivity contribution in [2.24, 2.45) is 0 Å². The van der Waals surface area contributed by atoms with Crippen LogP contribution in [0.2, 0.25) is 0 Å². The largest absolute Gasteiger partial charge is 0.352 e. The van der Waals surface area contributed by atoms with Gasteiger partial charge in [0.15, 0.2) is 0 Å². The van der Waals surface area contributed by atoms with Crippen LogP contribution in [0, 0.1) is 0 Å². The fourth-order valence-corrected chi connectivity index (χ4v) is 1.81. The summed E-state index contributed by atoms with van der Waals surface area (Å²) in [5.74, 6) is 0.0745. The third-order valence-corrected chi connectivity index (χ3v) is 2.30. The monoisotopic (exact) mass is 182 g/mol. The van der Waals surface area contributed by atoms with Crippen molar-refractivity contribution in [1.82, 2.24) is 10.2 Å². The van der Waals surface area contributed by atoms with Crippen molar-refractivity contribution in [2.45, 2.75) is 25.8 Å². The average molecular weight is 182 g/mol. The van der Waals surface area contributed by atoms with Gasteiger partial charge in [0.25, 0.3) is 0 Å². The average Bonchev–Trinajstić information content (AvgIpc) is 2.04. The molecule has 1 saturated heterocycles. The first-order valence-corrected chi connectivity index (χ1v) is 4.82. The highest BCUT2D eigenvalue weighted by molar-refractivity contribution is 5.73. The molecule has 0 aromatic rings. The van der Waals surface area contributed by atoms with Crippen molar-refractivity contribution in [3.05, 3.63) is 12.7 Å². The molecule has 3 nitrogen and oxygen atoms in total. The maximum atomic E-state index is 10.8. The van der Waals surface area contributed by atoms with Crippen LogP contribution in [0.1, 0.15) is 19.8 Å².